The van der Waals surface area contributed by atoms with Crippen molar-refractivity contribution in [1.82, 2.24) is 0 Å². The van der Waals surface area contributed by atoms with Gasteiger partial charge in [0.2, 0.25) is 0 Å². The summed E-state index contributed by atoms with van der Waals surface area (Å²) in [7, 11) is 0. The van der Waals surface area contributed by atoms with E-state index in [0.717, 1.165) is 5.56 Å². The van der Waals surface area contributed by atoms with Gasteiger partial charge in [0.1, 0.15) is 0 Å². The van der Waals surface area contributed by atoms with Gasteiger partial charge in [-0.25, -0.2) is 0 Å². The van der Waals surface area contributed by atoms with Crippen LogP contribution in [0.2, 0.25) is 0 Å². The first-order valence-corrected chi connectivity index (χ1v) is 7.72. The molecule has 0 aliphatic heterocycles. The largest absolute Gasteiger partial charge is 2.00 e. The zero-order valence-electron chi connectivity index (χ0n) is 13.8. The van der Waals surface area contributed by atoms with E-state index < -0.39 is 6.10 Å². The predicted octanol–water partition coefficient (Wildman–Crippen LogP) is -1.09. The summed E-state index contributed by atoms with van der Waals surface area (Å²) in [5.74, 6) is 0.207. The molecule has 0 aromatic heterocycles. The number of hydrogen-bond acceptors (Lipinski definition) is 1. The number of rotatable bonds is 2. The molecule has 4 heteroatoms. The van der Waals surface area contributed by atoms with Crippen molar-refractivity contribution in [2.45, 2.75) is 18.9 Å². The Labute approximate surface area is 176 Å². The Balaban J connectivity index is 0.00000104. The van der Waals surface area contributed by atoms with E-state index in [-0.39, 0.29) is 52.4 Å². The van der Waals surface area contributed by atoms with Crippen LogP contribution in [-0.2, 0) is 21.7 Å². The molecule has 3 aromatic carbocycles. The van der Waals surface area contributed by atoms with Crippen molar-refractivity contribution >= 4 is 0 Å². The molecule has 0 heterocycles. The van der Waals surface area contributed by atoms with E-state index >= 15 is 0 Å². The summed E-state index contributed by atoms with van der Waals surface area (Å²) in [6.07, 6.45) is -0.462. The number of benzene rings is 3. The maximum absolute atomic E-state index is 10.2. The minimum Gasteiger partial charge on any atom is -1.00 e. The van der Waals surface area contributed by atoms with Crippen LogP contribution >= 0.6 is 0 Å². The molecule has 1 nitrogen and oxygen atoms in total. The van der Waals surface area contributed by atoms with Gasteiger partial charge in [-0.05, 0) is 40.3 Å². The normalized spacial score (nSPS) is 12.7. The molecule has 0 amide bonds. The summed E-state index contributed by atoms with van der Waals surface area (Å²) in [4.78, 5) is 0. The van der Waals surface area contributed by atoms with E-state index in [1.807, 2.05) is 19.1 Å². The van der Waals surface area contributed by atoms with Crippen LogP contribution in [0.3, 0.4) is 0 Å². The first kappa shape index (κ1) is 22.0. The van der Waals surface area contributed by atoms with E-state index in [9.17, 15) is 5.11 Å². The number of hydrogen-bond donors (Lipinski definition) is 1. The molecule has 4 rings (SSSR count). The Hall–Kier alpha value is -1.09. The van der Waals surface area contributed by atoms with Crippen LogP contribution in [0.1, 0.15) is 41.2 Å². The van der Waals surface area contributed by atoms with E-state index in [0.29, 0.717) is 0 Å². The molecule has 0 spiro atoms. The van der Waals surface area contributed by atoms with E-state index in [1.165, 1.54) is 27.8 Å². The third-order valence-electron chi connectivity index (χ3n) is 4.59. The fraction of sp³-hybridized carbons (Fsp3) is 0.143. The van der Waals surface area contributed by atoms with E-state index in [4.69, 9.17) is 0 Å². The van der Waals surface area contributed by atoms with Gasteiger partial charge >= 0.3 is 21.7 Å². The second-order valence-electron chi connectivity index (χ2n) is 5.91. The predicted molar refractivity (Wildman–Crippen MR) is 89.9 cm³/mol. The molecular weight excluding hydrogens is 387 g/mol. The maximum Gasteiger partial charge on any atom is 2.00 e. The van der Waals surface area contributed by atoms with Gasteiger partial charge < -0.3 is 29.9 Å². The molecule has 1 atom stereocenters. The summed E-state index contributed by atoms with van der Waals surface area (Å²) in [5, 5.41) is 10.2. The van der Waals surface area contributed by atoms with Crippen LogP contribution in [0.25, 0.3) is 11.1 Å². The molecule has 1 aliphatic rings. The smallest absolute Gasteiger partial charge is 1.00 e. The molecule has 3 aromatic rings. The molecule has 1 N–H and O–H groups in total. The average Bonchev–Trinajstić information content (AvgIpc) is 2.89. The molecular formula is C21H18Cl2OTi. The zero-order chi connectivity index (χ0) is 15.1. The molecule has 0 radical (unpaired) electrons. The van der Waals surface area contributed by atoms with Crippen LogP contribution in [0, 0.1) is 0 Å². The van der Waals surface area contributed by atoms with Crippen molar-refractivity contribution in [2.75, 3.05) is 0 Å². The standard InChI is InChI=1S/C21H18O.2ClH.Ti/c1-14(22)15-8-2-5-11-18(15)21-19-12-6-3-9-16(19)17-10-4-7-13-20(17)21;;;/h2-14,21-22H,1H3;2*1H;/q;;;+2/p-2. The van der Waals surface area contributed by atoms with Crippen LogP contribution in [0.4, 0.5) is 0 Å². The SMILES string of the molecule is CC(O)c1ccccc1C1c2ccccc2-c2ccccc21.[Cl-].[Cl-].[Ti+2]. The van der Waals surface area contributed by atoms with Crippen LogP contribution < -0.4 is 24.8 Å². The summed E-state index contributed by atoms with van der Waals surface area (Å²) in [6.45, 7) is 1.84. The Morgan fingerprint density at radius 3 is 1.56 bits per heavy atom. The second kappa shape index (κ2) is 9.03. The molecule has 1 aliphatic carbocycles. The second-order valence-corrected chi connectivity index (χ2v) is 5.91. The Kier molecular flexibility index (Phi) is 7.93. The number of aliphatic hydroxyl groups is 1. The van der Waals surface area contributed by atoms with Gasteiger partial charge in [-0.15, -0.1) is 0 Å². The summed E-state index contributed by atoms with van der Waals surface area (Å²) in [6, 6.07) is 25.4. The van der Waals surface area contributed by atoms with Gasteiger partial charge in [0.15, 0.2) is 0 Å². The monoisotopic (exact) mass is 404 g/mol. The molecule has 0 fully saturated rings. The fourth-order valence-electron chi connectivity index (χ4n) is 3.64. The molecule has 0 saturated heterocycles. The van der Waals surface area contributed by atoms with Crippen molar-refractivity contribution in [1.29, 1.82) is 0 Å². The van der Waals surface area contributed by atoms with Crippen LogP contribution in [0.15, 0.2) is 72.8 Å². The van der Waals surface area contributed by atoms with Gasteiger partial charge in [-0.2, -0.15) is 0 Å². The summed E-state index contributed by atoms with van der Waals surface area (Å²) in [5.41, 5.74) is 7.49. The number of halogens is 2. The van der Waals surface area contributed by atoms with Gasteiger partial charge in [0.05, 0.1) is 6.10 Å². The van der Waals surface area contributed by atoms with Gasteiger partial charge in [0.25, 0.3) is 0 Å². The zero-order valence-corrected chi connectivity index (χ0v) is 16.9. The fourth-order valence-corrected chi connectivity index (χ4v) is 3.64. The minimum absolute atomic E-state index is 0. The third-order valence-corrected chi connectivity index (χ3v) is 4.59. The van der Waals surface area contributed by atoms with Crippen LogP contribution in [0.5, 0.6) is 0 Å². The van der Waals surface area contributed by atoms with Crippen molar-refractivity contribution in [3.05, 3.63) is 95.1 Å². The summed E-state index contributed by atoms with van der Waals surface area (Å²) < 4.78 is 0. The van der Waals surface area contributed by atoms with Crippen LogP contribution in [-0.4, -0.2) is 5.11 Å². The quantitative estimate of drug-likeness (QED) is 0.421. The van der Waals surface area contributed by atoms with Gasteiger partial charge in [-0.3, -0.25) is 0 Å². The van der Waals surface area contributed by atoms with Crippen molar-refractivity contribution in [2.24, 2.45) is 0 Å². The number of fused-ring (bicyclic) bond motifs is 3. The van der Waals surface area contributed by atoms with Crippen molar-refractivity contribution in [3.63, 3.8) is 0 Å². The average molecular weight is 405 g/mol. The van der Waals surface area contributed by atoms with E-state index in [2.05, 4.69) is 60.7 Å². The minimum atomic E-state index is -0.462. The first-order chi connectivity index (χ1) is 10.8. The maximum atomic E-state index is 10.2. The Morgan fingerprint density at radius 1 is 0.680 bits per heavy atom. The Morgan fingerprint density at radius 2 is 1.08 bits per heavy atom. The van der Waals surface area contributed by atoms with Crippen molar-refractivity contribution < 1.29 is 51.6 Å². The van der Waals surface area contributed by atoms with Crippen molar-refractivity contribution in [3.8, 4) is 11.1 Å². The molecule has 0 bridgehead atoms. The molecule has 1 unspecified atom stereocenters. The van der Waals surface area contributed by atoms with Gasteiger partial charge in [0, 0.05) is 5.92 Å². The molecule has 0 saturated carbocycles. The van der Waals surface area contributed by atoms with Gasteiger partial charge in [-0.1, -0.05) is 72.8 Å². The van der Waals surface area contributed by atoms with E-state index in [1.54, 1.807) is 0 Å². The molecule has 126 valence electrons. The number of aliphatic hydroxyl groups excluding tert-OH is 1. The topological polar surface area (TPSA) is 20.2 Å². The molecule has 25 heavy (non-hydrogen) atoms. The first-order valence-electron chi connectivity index (χ1n) is 7.72. The Bertz CT molecular complexity index is 803. The summed E-state index contributed by atoms with van der Waals surface area (Å²) >= 11 is 0. The third kappa shape index (κ3) is 3.72.